The minimum Gasteiger partial charge on any atom is -0.494 e. The summed E-state index contributed by atoms with van der Waals surface area (Å²) in [5.41, 5.74) is 0. The average molecular weight is 187 g/mol. The van der Waals surface area contributed by atoms with Gasteiger partial charge in [0.25, 0.3) is 0 Å². The Kier molecular flexibility index (Phi) is 5.35. The Morgan fingerprint density at radius 1 is 1.43 bits per heavy atom. The summed E-state index contributed by atoms with van der Waals surface area (Å²) in [6.45, 7) is 2.64. The van der Waals surface area contributed by atoms with Gasteiger partial charge in [-0.05, 0) is 38.0 Å². The molecule has 73 valence electrons. The molecule has 1 heteroatoms. The van der Waals surface area contributed by atoms with E-state index in [1.807, 2.05) is 31.2 Å². The van der Waals surface area contributed by atoms with E-state index in [2.05, 4.69) is 17.9 Å². The topological polar surface area (TPSA) is 9.23 Å². The smallest absolute Gasteiger partial charge is 0.119 e. The summed E-state index contributed by atoms with van der Waals surface area (Å²) in [7, 11) is 0. The van der Waals surface area contributed by atoms with Gasteiger partial charge in [0.1, 0.15) is 5.75 Å². The summed E-state index contributed by atoms with van der Waals surface area (Å²) < 4.78 is 5.51. The highest BCUT2D eigenvalue weighted by Crippen LogP contribution is 2.08. The summed E-state index contributed by atoms with van der Waals surface area (Å²) in [5, 5.41) is 0. The lowest BCUT2D eigenvalue weighted by atomic mass is 10.2. The monoisotopic (exact) mass is 187 g/mol. The van der Waals surface area contributed by atoms with Gasteiger partial charge in [0.15, 0.2) is 0 Å². The SMILES string of the molecule is CC#CCCCCOc1c[c]ccc1. The van der Waals surface area contributed by atoms with Crippen molar-refractivity contribution in [2.24, 2.45) is 0 Å². The maximum atomic E-state index is 5.51. The Labute approximate surface area is 86.1 Å². The van der Waals surface area contributed by atoms with E-state index < -0.39 is 0 Å². The second kappa shape index (κ2) is 7.03. The average Bonchev–Trinajstić information content (AvgIpc) is 2.25. The van der Waals surface area contributed by atoms with Gasteiger partial charge in [-0.1, -0.05) is 12.1 Å². The Bertz CT molecular complexity index is 292. The zero-order valence-corrected chi connectivity index (χ0v) is 8.55. The van der Waals surface area contributed by atoms with Crippen LogP contribution in [0.15, 0.2) is 24.3 Å². The van der Waals surface area contributed by atoms with Crippen molar-refractivity contribution >= 4 is 0 Å². The van der Waals surface area contributed by atoms with Crippen LogP contribution >= 0.6 is 0 Å². The number of ether oxygens (including phenoxy) is 1. The third-order valence-electron chi connectivity index (χ3n) is 1.82. The van der Waals surface area contributed by atoms with Crippen LogP contribution in [0.2, 0.25) is 0 Å². The van der Waals surface area contributed by atoms with Crippen molar-refractivity contribution in [3.05, 3.63) is 30.3 Å². The van der Waals surface area contributed by atoms with Crippen molar-refractivity contribution in [2.75, 3.05) is 6.61 Å². The van der Waals surface area contributed by atoms with Gasteiger partial charge in [0.05, 0.1) is 6.61 Å². The number of rotatable bonds is 5. The maximum Gasteiger partial charge on any atom is 0.119 e. The molecule has 0 amide bonds. The van der Waals surface area contributed by atoms with Crippen LogP contribution in [0.3, 0.4) is 0 Å². The molecule has 0 spiro atoms. The van der Waals surface area contributed by atoms with E-state index in [1.165, 1.54) is 0 Å². The van der Waals surface area contributed by atoms with E-state index in [1.54, 1.807) is 0 Å². The predicted molar refractivity (Wildman–Crippen MR) is 58.1 cm³/mol. The Morgan fingerprint density at radius 2 is 2.36 bits per heavy atom. The van der Waals surface area contributed by atoms with Gasteiger partial charge < -0.3 is 4.74 Å². The highest BCUT2D eigenvalue weighted by Gasteiger charge is 1.90. The van der Waals surface area contributed by atoms with Crippen LogP contribution in [0.4, 0.5) is 0 Å². The summed E-state index contributed by atoms with van der Waals surface area (Å²) in [5.74, 6) is 6.81. The van der Waals surface area contributed by atoms with Crippen molar-refractivity contribution < 1.29 is 4.74 Å². The second-order valence-electron chi connectivity index (χ2n) is 2.97. The molecule has 1 radical (unpaired) electrons. The molecule has 0 N–H and O–H groups in total. The summed E-state index contributed by atoms with van der Waals surface area (Å²) in [6, 6.07) is 10.6. The van der Waals surface area contributed by atoms with Crippen LogP contribution in [0.1, 0.15) is 26.2 Å². The molecule has 0 atom stereocenters. The molecule has 0 aromatic heterocycles. The minimum absolute atomic E-state index is 0.767. The van der Waals surface area contributed by atoms with Crippen LogP contribution in [0.25, 0.3) is 0 Å². The molecule has 1 aromatic rings. The highest BCUT2D eigenvalue weighted by molar-refractivity contribution is 5.19. The lowest BCUT2D eigenvalue weighted by molar-refractivity contribution is 0.307. The third-order valence-corrected chi connectivity index (χ3v) is 1.82. The first-order valence-electron chi connectivity index (χ1n) is 4.92. The first kappa shape index (κ1) is 10.7. The molecule has 0 saturated carbocycles. The van der Waals surface area contributed by atoms with E-state index in [0.717, 1.165) is 31.6 Å². The molecule has 0 aliphatic heterocycles. The highest BCUT2D eigenvalue weighted by atomic mass is 16.5. The molecule has 0 bridgehead atoms. The fourth-order valence-electron chi connectivity index (χ4n) is 1.10. The molecule has 0 unspecified atom stereocenters. The molecular formula is C13H15O. The van der Waals surface area contributed by atoms with Gasteiger partial charge >= 0.3 is 0 Å². The number of hydrogen-bond acceptors (Lipinski definition) is 1. The Hall–Kier alpha value is -1.42. The van der Waals surface area contributed by atoms with Gasteiger partial charge in [0, 0.05) is 6.42 Å². The van der Waals surface area contributed by atoms with Crippen LogP contribution < -0.4 is 4.74 Å². The predicted octanol–water partition coefficient (Wildman–Crippen LogP) is 3.06. The van der Waals surface area contributed by atoms with Crippen LogP contribution in [-0.4, -0.2) is 6.61 Å². The van der Waals surface area contributed by atoms with E-state index in [4.69, 9.17) is 4.74 Å². The molecule has 0 heterocycles. The zero-order chi connectivity index (χ0) is 10.1. The first-order chi connectivity index (χ1) is 6.93. The largest absolute Gasteiger partial charge is 0.494 e. The summed E-state index contributed by atoms with van der Waals surface area (Å²) >= 11 is 0. The molecular weight excluding hydrogens is 172 g/mol. The molecule has 1 rings (SSSR count). The van der Waals surface area contributed by atoms with Crippen LogP contribution in [0.5, 0.6) is 5.75 Å². The second-order valence-corrected chi connectivity index (χ2v) is 2.97. The van der Waals surface area contributed by atoms with Crippen LogP contribution in [-0.2, 0) is 0 Å². The molecule has 0 saturated heterocycles. The quantitative estimate of drug-likeness (QED) is 0.508. The van der Waals surface area contributed by atoms with E-state index in [-0.39, 0.29) is 0 Å². The normalized spacial score (nSPS) is 8.93. The van der Waals surface area contributed by atoms with Crippen molar-refractivity contribution in [1.29, 1.82) is 0 Å². The molecule has 14 heavy (non-hydrogen) atoms. The fraction of sp³-hybridized carbons (Fsp3) is 0.385. The van der Waals surface area contributed by atoms with Gasteiger partial charge in [-0.3, -0.25) is 0 Å². The van der Waals surface area contributed by atoms with E-state index in [9.17, 15) is 0 Å². The third kappa shape index (κ3) is 4.57. The zero-order valence-electron chi connectivity index (χ0n) is 8.55. The molecule has 0 aliphatic carbocycles. The summed E-state index contributed by atoms with van der Waals surface area (Å²) in [6.07, 6.45) is 3.14. The minimum atomic E-state index is 0.767. The lowest BCUT2D eigenvalue weighted by Crippen LogP contribution is -1.96. The van der Waals surface area contributed by atoms with Gasteiger partial charge in [-0.15, -0.1) is 11.8 Å². The van der Waals surface area contributed by atoms with Gasteiger partial charge in [-0.25, -0.2) is 0 Å². The van der Waals surface area contributed by atoms with Crippen LogP contribution in [0, 0.1) is 17.9 Å². The molecule has 1 aromatic carbocycles. The Balaban J connectivity index is 2.06. The standard InChI is InChI=1S/C13H15O/c1-2-3-4-5-9-12-14-13-10-7-6-8-11-13/h6-7,10-11H,4-5,9,12H2,1H3. The van der Waals surface area contributed by atoms with Gasteiger partial charge in [-0.2, -0.15) is 0 Å². The fourth-order valence-corrected chi connectivity index (χ4v) is 1.10. The van der Waals surface area contributed by atoms with E-state index >= 15 is 0 Å². The lowest BCUT2D eigenvalue weighted by Gasteiger charge is -2.03. The maximum absolute atomic E-state index is 5.51. The number of unbranched alkanes of at least 4 members (excludes halogenated alkanes) is 2. The van der Waals surface area contributed by atoms with E-state index in [0.29, 0.717) is 0 Å². The number of benzene rings is 1. The summed E-state index contributed by atoms with van der Waals surface area (Å²) in [4.78, 5) is 0. The van der Waals surface area contributed by atoms with Crippen molar-refractivity contribution in [3.8, 4) is 17.6 Å². The molecule has 0 fully saturated rings. The van der Waals surface area contributed by atoms with Crippen molar-refractivity contribution in [1.82, 2.24) is 0 Å². The van der Waals surface area contributed by atoms with Crippen molar-refractivity contribution in [3.63, 3.8) is 0 Å². The first-order valence-corrected chi connectivity index (χ1v) is 4.92. The molecule has 1 nitrogen and oxygen atoms in total. The molecule has 0 aliphatic rings. The number of hydrogen-bond donors (Lipinski definition) is 0. The van der Waals surface area contributed by atoms with Gasteiger partial charge in [0.2, 0.25) is 0 Å². The Morgan fingerprint density at radius 3 is 3.07 bits per heavy atom. The van der Waals surface area contributed by atoms with Crippen molar-refractivity contribution in [2.45, 2.75) is 26.2 Å².